The highest BCUT2D eigenvalue weighted by molar-refractivity contribution is 5.97. The first-order chi connectivity index (χ1) is 27.8. The number of phenols is 1. The van der Waals surface area contributed by atoms with Crippen LogP contribution >= 0.6 is 0 Å². The summed E-state index contributed by atoms with van der Waals surface area (Å²) in [5, 5.41) is 20.8. The Bertz CT molecular complexity index is 1840. The molecule has 3 aliphatic heterocycles. The van der Waals surface area contributed by atoms with Gasteiger partial charge in [0.25, 0.3) is 11.8 Å². The van der Waals surface area contributed by atoms with Crippen LogP contribution in [0, 0.1) is 5.92 Å². The van der Waals surface area contributed by atoms with Gasteiger partial charge in [0.2, 0.25) is 5.91 Å². The second kappa shape index (κ2) is 19.3. The number of nitrogens with one attached hydrogen (secondary N) is 2. The highest BCUT2D eigenvalue weighted by Crippen LogP contribution is 2.39. The number of anilines is 1. The predicted octanol–water partition coefficient (Wildman–Crippen LogP) is 3.86. The molecule has 1 aromatic heterocycles. The number of carbonyl (C=O) groups excluding carboxylic acids is 3. The molecule has 3 amide bonds. The van der Waals surface area contributed by atoms with E-state index >= 15 is 0 Å². The molecule has 2 aromatic carbocycles. The number of aromatic nitrogens is 2. The number of nitrogens with zero attached hydrogens (tertiary/aromatic N) is 5. The molecule has 4 heterocycles. The number of hydrogen-bond acceptors (Lipinski definition) is 10. The van der Waals surface area contributed by atoms with Crippen molar-refractivity contribution in [1.29, 1.82) is 0 Å². The summed E-state index contributed by atoms with van der Waals surface area (Å²) in [5.74, 6) is 1.04. The lowest BCUT2D eigenvalue weighted by Crippen LogP contribution is -2.58. The van der Waals surface area contributed by atoms with Gasteiger partial charge < -0.3 is 39.8 Å². The van der Waals surface area contributed by atoms with Crippen LogP contribution in [0.4, 0.5) is 5.69 Å². The van der Waals surface area contributed by atoms with Crippen molar-refractivity contribution in [2.45, 2.75) is 77.0 Å². The fourth-order valence-corrected chi connectivity index (χ4v) is 8.10. The van der Waals surface area contributed by atoms with Crippen molar-refractivity contribution >= 4 is 23.4 Å². The molecular weight excluding hydrogens is 727 g/mol. The lowest BCUT2D eigenvalue weighted by Gasteiger charge is -2.47. The van der Waals surface area contributed by atoms with Crippen LogP contribution in [0.25, 0.3) is 0 Å². The normalized spacial score (nSPS) is 17.9. The molecule has 2 saturated heterocycles. The van der Waals surface area contributed by atoms with Gasteiger partial charge in [-0.05, 0) is 86.2 Å². The average Bonchev–Trinajstić information content (AvgIpc) is 3.92. The number of piperidine rings is 1. The molecule has 0 radical (unpaired) electrons. The minimum absolute atomic E-state index is 0.0111. The van der Waals surface area contributed by atoms with E-state index in [9.17, 15) is 19.5 Å². The Morgan fingerprint density at radius 3 is 2.72 bits per heavy atom. The van der Waals surface area contributed by atoms with Crippen molar-refractivity contribution in [2.75, 3.05) is 84.1 Å². The number of carbonyl (C=O) groups is 3. The monoisotopic (exact) mass is 785 g/mol. The summed E-state index contributed by atoms with van der Waals surface area (Å²) in [5.41, 5.74) is 3.97. The van der Waals surface area contributed by atoms with Crippen LogP contribution in [0.1, 0.15) is 72.6 Å². The van der Waals surface area contributed by atoms with Crippen molar-refractivity contribution in [3.05, 3.63) is 71.0 Å². The summed E-state index contributed by atoms with van der Waals surface area (Å²) in [6, 6.07) is 13.9. The average molecular weight is 786 g/mol. The molecule has 14 nitrogen and oxygen atoms in total. The van der Waals surface area contributed by atoms with E-state index < -0.39 is 0 Å². The lowest BCUT2D eigenvalue weighted by molar-refractivity contribution is -0.132. The number of hydrogen-bond donors (Lipinski definition) is 3. The molecular formula is C43H59N7O7. The Kier molecular flexibility index (Phi) is 13.8. The van der Waals surface area contributed by atoms with Crippen LogP contribution in [-0.2, 0) is 45.0 Å². The number of benzene rings is 2. The van der Waals surface area contributed by atoms with Crippen LogP contribution in [-0.4, -0.2) is 132 Å². The van der Waals surface area contributed by atoms with Crippen molar-refractivity contribution < 1.29 is 33.7 Å². The largest absolute Gasteiger partial charge is 0.506 e. The van der Waals surface area contributed by atoms with E-state index in [1.165, 1.54) is 24.0 Å². The first-order valence-corrected chi connectivity index (χ1v) is 20.9. The molecule has 0 bridgehead atoms. The number of ether oxygens (including phenoxy) is 3. The van der Waals surface area contributed by atoms with E-state index in [4.69, 9.17) is 14.2 Å². The van der Waals surface area contributed by atoms with Crippen LogP contribution in [0.3, 0.4) is 0 Å². The van der Waals surface area contributed by atoms with E-state index in [-0.39, 0.29) is 35.7 Å². The van der Waals surface area contributed by atoms with E-state index in [2.05, 4.69) is 51.8 Å². The molecule has 0 unspecified atom stereocenters. The summed E-state index contributed by atoms with van der Waals surface area (Å²) < 4.78 is 19.8. The van der Waals surface area contributed by atoms with Gasteiger partial charge in [-0.3, -0.25) is 24.0 Å². The summed E-state index contributed by atoms with van der Waals surface area (Å²) in [6.45, 7) is 11.0. The summed E-state index contributed by atoms with van der Waals surface area (Å²) >= 11 is 0. The molecule has 57 heavy (non-hydrogen) atoms. The highest BCUT2D eigenvalue weighted by atomic mass is 16.5. The third-order valence-electron chi connectivity index (χ3n) is 11.5. The maximum Gasteiger partial charge on any atom is 0.274 e. The predicted molar refractivity (Wildman–Crippen MR) is 215 cm³/mol. The quantitative estimate of drug-likeness (QED) is 0.121. The van der Waals surface area contributed by atoms with E-state index in [0.29, 0.717) is 95.0 Å². The fraction of sp³-hybridized carbons (Fsp3) is 0.581. The number of fused-ring (bicyclic) bond motifs is 1. The molecule has 0 atom stereocenters. The maximum absolute atomic E-state index is 13.3. The molecule has 3 N–H and O–H groups in total. The van der Waals surface area contributed by atoms with Gasteiger partial charge >= 0.3 is 0 Å². The zero-order chi connectivity index (χ0) is 39.6. The molecule has 7 rings (SSSR count). The number of rotatable bonds is 19. The number of aromatic hydroxyl groups is 1. The van der Waals surface area contributed by atoms with Gasteiger partial charge in [-0.2, -0.15) is 5.10 Å². The number of likely N-dealkylation sites (tertiary alicyclic amines) is 1. The lowest BCUT2D eigenvalue weighted by atomic mass is 9.89. The van der Waals surface area contributed by atoms with Crippen molar-refractivity contribution in [1.82, 2.24) is 29.8 Å². The van der Waals surface area contributed by atoms with Gasteiger partial charge in [-0.25, -0.2) is 0 Å². The Morgan fingerprint density at radius 1 is 1.05 bits per heavy atom. The van der Waals surface area contributed by atoms with Crippen LogP contribution in [0.2, 0.25) is 0 Å². The van der Waals surface area contributed by atoms with E-state index in [1.807, 2.05) is 32.8 Å². The zero-order valence-electron chi connectivity index (χ0n) is 33.4. The Morgan fingerprint density at radius 2 is 1.89 bits per heavy atom. The second-order valence-corrected chi connectivity index (χ2v) is 16.0. The van der Waals surface area contributed by atoms with Crippen LogP contribution < -0.4 is 15.4 Å². The summed E-state index contributed by atoms with van der Waals surface area (Å²) in [7, 11) is 0. The molecule has 14 heteroatoms. The van der Waals surface area contributed by atoms with Gasteiger partial charge in [-0.1, -0.05) is 37.3 Å². The van der Waals surface area contributed by atoms with Gasteiger partial charge in [0.15, 0.2) is 12.4 Å². The molecule has 4 aliphatic rings. The third kappa shape index (κ3) is 11.1. The summed E-state index contributed by atoms with van der Waals surface area (Å²) in [4.78, 5) is 44.4. The minimum Gasteiger partial charge on any atom is -0.506 e. The first-order valence-electron chi connectivity index (χ1n) is 20.9. The zero-order valence-corrected chi connectivity index (χ0v) is 33.4. The first kappa shape index (κ1) is 40.7. The van der Waals surface area contributed by atoms with Crippen molar-refractivity contribution in [3.63, 3.8) is 0 Å². The SMILES string of the molecule is CCCN(CCNCCc1ccc(O)c2c1OCC(=O)N2)C(=O)CCOCCc1cccc(CN2CCC3(CC2)CN(C(=O)c2ccn(CC4CC4)n2)CCO3)c1. The smallest absolute Gasteiger partial charge is 0.274 e. The van der Waals surface area contributed by atoms with Crippen LogP contribution in [0.5, 0.6) is 11.5 Å². The minimum atomic E-state index is -0.291. The van der Waals surface area contributed by atoms with Crippen molar-refractivity contribution in [2.24, 2.45) is 5.92 Å². The van der Waals surface area contributed by atoms with Gasteiger partial charge in [-0.15, -0.1) is 0 Å². The van der Waals surface area contributed by atoms with E-state index in [1.54, 1.807) is 6.07 Å². The maximum atomic E-state index is 13.3. The molecule has 308 valence electrons. The Labute approximate surface area is 335 Å². The molecule has 1 saturated carbocycles. The summed E-state index contributed by atoms with van der Waals surface area (Å²) in [6.07, 6.45) is 8.91. The topological polar surface area (TPSA) is 151 Å². The number of phenolic OH excluding ortho intramolecular Hbond substituents is 1. The molecule has 3 aromatic rings. The second-order valence-electron chi connectivity index (χ2n) is 16.0. The molecule has 1 spiro atoms. The van der Waals surface area contributed by atoms with Gasteiger partial charge in [0.05, 0.1) is 38.4 Å². The number of amides is 3. The van der Waals surface area contributed by atoms with Gasteiger partial charge in [0.1, 0.15) is 17.1 Å². The Hall–Kier alpha value is -4.50. The molecule has 3 fully saturated rings. The molecule has 1 aliphatic carbocycles. The van der Waals surface area contributed by atoms with Crippen LogP contribution in [0.15, 0.2) is 48.7 Å². The van der Waals surface area contributed by atoms with E-state index in [0.717, 1.165) is 57.4 Å². The highest BCUT2D eigenvalue weighted by Gasteiger charge is 2.41. The standard InChI is InChI=1S/C43H59N7O7/c1-2-18-48(22-17-44-16-10-35-8-9-37(51)40-41(35)56-30-38(52)45-40)39(53)13-25-55-24-12-32-4-3-5-34(27-32)28-47-20-14-43(15-21-47)31-49(23-26-57-43)42(54)36-11-19-50(46-36)29-33-6-7-33/h3-5,8-9,11,19,27,33,44,51H,2,6-7,10,12-18,20-26,28-31H2,1H3,(H,45,52). The van der Waals surface area contributed by atoms with Gasteiger partial charge in [0, 0.05) is 58.6 Å². The Balaban J connectivity index is 0.776. The fourth-order valence-electron chi connectivity index (χ4n) is 8.10. The number of morpholine rings is 1. The van der Waals surface area contributed by atoms with Crippen molar-refractivity contribution in [3.8, 4) is 11.5 Å². The third-order valence-corrected chi connectivity index (χ3v) is 11.5.